The van der Waals surface area contributed by atoms with Gasteiger partial charge in [-0.2, -0.15) is 0 Å². The van der Waals surface area contributed by atoms with Gasteiger partial charge in [-0.25, -0.2) is 0 Å². The molecule has 3 unspecified atom stereocenters. The topological polar surface area (TPSA) is 120 Å². The number of hydrogen-bond acceptors (Lipinski definition) is 6. The van der Waals surface area contributed by atoms with E-state index in [1.54, 1.807) is 0 Å². The summed E-state index contributed by atoms with van der Waals surface area (Å²) in [7, 11) is -7.28. The fourth-order valence-electron chi connectivity index (χ4n) is 3.15. The number of unbranched alkanes of at least 4 members (excludes halogenated alkanes) is 15. The first kappa shape index (κ1) is 42.2. The van der Waals surface area contributed by atoms with Crippen molar-refractivity contribution in [2.75, 3.05) is 18.5 Å². The molecule has 0 aromatic rings. The van der Waals surface area contributed by atoms with Crippen LogP contribution in [0.15, 0.2) is 0 Å². The van der Waals surface area contributed by atoms with E-state index in [1.165, 1.54) is 77.0 Å². The smallest absolute Gasteiger partial charge is 0.802 e. The van der Waals surface area contributed by atoms with Crippen LogP contribution in [0.4, 0.5) is 0 Å². The third kappa shape index (κ3) is 54.1. The molecule has 0 aromatic heterocycles. The molecule has 34 heavy (non-hydrogen) atoms. The van der Waals surface area contributed by atoms with Crippen molar-refractivity contribution in [2.24, 2.45) is 0 Å². The Hall–Kier alpha value is 1.08. The summed E-state index contributed by atoms with van der Waals surface area (Å²) in [6.07, 6.45) is 22.1. The second-order valence-corrected chi connectivity index (χ2v) is 12.4. The van der Waals surface area contributed by atoms with E-state index in [2.05, 4.69) is 20.8 Å². The largest absolute Gasteiger partial charge is 3.00 e. The molecule has 0 heterocycles. The van der Waals surface area contributed by atoms with Gasteiger partial charge in [0.25, 0.3) is 0 Å². The quantitative estimate of drug-likeness (QED) is 0.111. The first-order chi connectivity index (χ1) is 15.8. The van der Waals surface area contributed by atoms with Crippen LogP contribution in [0.5, 0.6) is 0 Å². The Morgan fingerprint density at radius 2 is 0.559 bits per heavy atom. The summed E-state index contributed by atoms with van der Waals surface area (Å²) in [5.74, 6) is 0. The van der Waals surface area contributed by atoms with E-state index in [-0.39, 0.29) is 16.8 Å². The molecular weight excluding hydrogens is 536 g/mol. The number of rotatable bonds is 21. The molecule has 210 valence electrons. The van der Waals surface area contributed by atoms with Crippen LogP contribution in [0, 0.1) is 0 Å². The van der Waals surface area contributed by atoms with Gasteiger partial charge >= 0.3 is 16.8 Å². The maximum absolute atomic E-state index is 10.2. The van der Waals surface area contributed by atoms with Crippen LogP contribution in [-0.4, -0.2) is 18.5 Å². The van der Waals surface area contributed by atoms with E-state index in [1.807, 2.05) is 0 Å². The average molecular weight is 591 g/mol. The molecule has 0 bridgehead atoms. The van der Waals surface area contributed by atoms with Gasteiger partial charge < -0.3 is 28.4 Å². The Balaban J connectivity index is -0.000000196. The van der Waals surface area contributed by atoms with Crippen molar-refractivity contribution in [3.05, 3.63) is 0 Å². The van der Waals surface area contributed by atoms with Crippen molar-refractivity contribution in [2.45, 2.75) is 136 Å². The van der Waals surface area contributed by atoms with Crippen molar-refractivity contribution >= 4 is 24.1 Å². The third-order valence-electron chi connectivity index (χ3n) is 5.20. The van der Waals surface area contributed by atoms with Gasteiger partial charge in [-0.1, -0.05) is 117 Å². The maximum Gasteiger partial charge on any atom is 3.00 e. The predicted octanol–water partition coefficient (Wildman–Crippen LogP) is 6.54. The zero-order valence-electron chi connectivity index (χ0n) is 22.1. The molecule has 0 saturated carbocycles. The standard InChI is InChI=1S/3C8H19O2P.Co/c3*1-2-3-4-5-6-7-8-11(9)10;/h3*11H,2-8H2,1H3,(H,9,10);/q;;;+3/p-3. The summed E-state index contributed by atoms with van der Waals surface area (Å²) >= 11 is 0. The van der Waals surface area contributed by atoms with Crippen LogP contribution in [0.2, 0.25) is 0 Å². The van der Waals surface area contributed by atoms with E-state index < -0.39 is 24.1 Å². The first-order valence-corrected chi connectivity index (χ1v) is 18.0. The van der Waals surface area contributed by atoms with Gasteiger partial charge in [-0.3, -0.25) is 0 Å². The Bertz CT molecular complexity index is 381. The second kappa shape index (κ2) is 38.6. The Morgan fingerprint density at radius 1 is 0.382 bits per heavy atom. The Labute approximate surface area is 223 Å². The van der Waals surface area contributed by atoms with E-state index >= 15 is 0 Å². The summed E-state index contributed by atoms with van der Waals surface area (Å²) in [5, 5.41) is 0. The summed E-state index contributed by atoms with van der Waals surface area (Å²) in [6, 6.07) is 0. The van der Waals surface area contributed by atoms with Crippen molar-refractivity contribution in [3.8, 4) is 0 Å². The molecule has 0 aliphatic carbocycles. The minimum absolute atomic E-state index is 0. The van der Waals surface area contributed by atoms with E-state index in [9.17, 15) is 28.4 Å². The van der Waals surface area contributed by atoms with E-state index in [0.717, 1.165) is 38.5 Å². The predicted molar refractivity (Wildman–Crippen MR) is 142 cm³/mol. The first-order valence-electron chi connectivity index (χ1n) is 13.4. The van der Waals surface area contributed by atoms with Gasteiger partial charge in [0.05, 0.1) is 0 Å². The van der Waals surface area contributed by atoms with Crippen LogP contribution in [0.1, 0.15) is 136 Å². The second-order valence-electron chi connectivity index (χ2n) is 8.67. The molecule has 0 fully saturated rings. The summed E-state index contributed by atoms with van der Waals surface area (Å²) in [6.45, 7) is 6.53. The molecule has 6 nitrogen and oxygen atoms in total. The van der Waals surface area contributed by atoms with Gasteiger partial charge in [0.15, 0.2) is 0 Å². The van der Waals surface area contributed by atoms with E-state index in [0.29, 0.717) is 18.5 Å². The zero-order chi connectivity index (χ0) is 25.6. The van der Waals surface area contributed by atoms with Gasteiger partial charge in [-0.05, 0) is 37.7 Å². The Kier molecular flexibility index (Phi) is 47.9. The van der Waals surface area contributed by atoms with Crippen molar-refractivity contribution < 1.29 is 45.2 Å². The van der Waals surface area contributed by atoms with Crippen molar-refractivity contribution in [1.82, 2.24) is 0 Å². The summed E-state index contributed by atoms with van der Waals surface area (Å²) < 4.78 is 30.5. The molecule has 0 saturated heterocycles. The monoisotopic (exact) mass is 590 g/mol. The van der Waals surface area contributed by atoms with Crippen LogP contribution < -0.4 is 14.7 Å². The molecular formula is C24H54CoO6P3. The zero-order valence-corrected chi connectivity index (χ0v) is 26.2. The molecule has 0 spiro atoms. The molecule has 0 N–H and O–H groups in total. The molecule has 0 rings (SSSR count). The SMILES string of the molecule is CCCCCCCC[PH](=O)[O-].CCCCCCCC[PH](=O)[O-].CCCCCCCC[PH](=O)[O-].[Co+3]. The molecule has 3 atom stereocenters. The van der Waals surface area contributed by atoms with Crippen LogP contribution in [-0.2, 0) is 30.5 Å². The van der Waals surface area contributed by atoms with Gasteiger partial charge in [0.2, 0.25) is 0 Å². The molecule has 0 aliphatic rings. The van der Waals surface area contributed by atoms with Gasteiger partial charge in [-0.15, -0.1) is 0 Å². The van der Waals surface area contributed by atoms with Gasteiger partial charge in [0, 0.05) is 24.1 Å². The summed E-state index contributed by atoms with van der Waals surface area (Å²) in [5.41, 5.74) is 0. The van der Waals surface area contributed by atoms with Crippen molar-refractivity contribution in [3.63, 3.8) is 0 Å². The van der Waals surface area contributed by atoms with Crippen LogP contribution in [0.25, 0.3) is 0 Å². The number of hydrogen-bond donors (Lipinski definition) is 0. The molecule has 10 heteroatoms. The Morgan fingerprint density at radius 3 is 0.735 bits per heavy atom. The normalized spacial score (nSPS) is 12.9. The molecule has 0 radical (unpaired) electrons. The average Bonchev–Trinajstić information content (AvgIpc) is 2.76. The van der Waals surface area contributed by atoms with Crippen LogP contribution in [0.3, 0.4) is 0 Å². The fourth-order valence-corrected chi connectivity index (χ4v) is 4.77. The third-order valence-corrected chi connectivity index (χ3v) is 7.49. The molecule has 0 amide bonds. The molecule has 0 aromatic carbocycles. The van der Waals surface area contributed by atoms with Gasteiger partial charge in [0.1, 0.15) is 0 Å². The van der Waals surface area contributed by atoms with Crippen molar-refractivity contribution in [1.29, 1.82) is 0 Å². The molecule has 0 aliphatic heterocycles. The minimum Gasteiger partial charge on any atom is -0.802 e. The van der Waals surface area contributed by atoms with E-state index in [4.69, 9.17) is 0 Å². The maximum atomic E-state index is 10.2. The van der Waals surface area contributed by atoms with Crippen LogP contribution >= 0.6 is 24.1 Å². The summed E-state index contributed by atoms with van der Waals surface area (Å²) in [4.78, 5) is 30.5. The minimum atomic E-state index is -2.43. The fraction of sp³-hybridized carbons (Fsp3) is 1.00.